The first-order chi connectivity index (χ1) is 7.67. The van der Waals surface area contributed by atoms with Crippen molar-refractivity contribution in [2.45, 2.75) is 20.3 Å². The Kier molecular flexibility index (Phi) is 5.86. The second-order valence-corrected chi connectivity index (χ2v) is 4.85. The molecule has 0 fully saturated rings. The van der Waals surface area contributed by atoms with Crippen LogP contribution in [-0.2, 0) is 11.2 Å². The summed E-state index contributed by atoms with van der Waals surface area (Å²) in [5.41, 5.74) is 2.66. The summed E-state index contributed by atoms with van der Waals surface area (Å²) in [6, 6.07) is 8.69. The molecule has 0 aliphatic carbocycles. The average molecular weight is 241 g/mol. The molecule has 0 aromatic heterocycles. The molecule has 0 heterocycles. The summed E-state index contributed by atoms with van der Waals surface area (Å²) in [5, 5.41) is 0. The van der Waals surface area contributed by atoms with Crippen molar-refractivity contribution < 1.29 is 4.74 Å². The fourth-order valence-corrected chi connectivity index (χ4v) is 2.25. The van der Waals surface area contributed by atoms with Crippen molar-refractivity contribution in [3.8, 4) is 0 Å². The van der Waals surface area contributed by atoms with E-state index >= 15 is 0 Å². The van der Waals surface area contributed by atoms with Crippen LogP contribution < -0.4 is 0 Å². The van der Waals surface area contributed by atoms with E-state index in [2.05, 4.69) is 38.1 Å². The van der Waals surface area contributed by atoms with E-state index in [-0.39, 0.29) is 0 Å². The normalized spacial score (nSPS) is 14.8. The number of methoxy groups -OCH3 is 1. The number of hydrogen-bond donors (Lipinski definition) is 0. The third-order valence-corrected chi connectivity index (χ3v) is 3.45. The van der Waals surface area contributed by atoms with Gasteiger partial charge in [0.15, 0.2) is 0 Å². The van der Waals surface area contributed by atoms with Crippen LogP contribution in [0.15, 0.2) is 24.3 Å². The third-order valence-electron chi connectivity index (χ3n) is 3.05. The van der Waals surface area contributed by atoms with Gasteiger partial charge >= 0.3 is 0 Å². The van der Waals surface area contributed by atoms with Crippen LogP contribution in [0.2, 0.25) is 0 Å². The topological polar surface area (TPSA) is 9.23 Å². The molecule has 2 heteroatoms. The third kappa shape index (κ3) is 4.15. The Morgan fingerprint density at radius 1 is 1.25 bits per heavy atom. The number of halogens is 1. The summed E-state index contributed by atoms with van der Waals surface area (Å²) >= 11 is 6.02. The minimum Gasteiger partial charge on any atom is -0.384 e. The molecule has 0 saturated carbocycles. The Labute approximate surface area is 104 Å². The highest BCUT2D eigenvalue weighted by Crippen LogP contribution is 2.19. The summed E-state index contributed by atoms with van der Waals surface area (Å²) in [4.78, 5) is 0. The molecule has 90 valence electrons. The van der Waals surface area contributed by atoms with Gasteiger partial charge in [0.25, 0.3) is 0 Å². The van der Waals surface area contributed by atoms with Crippen LogP contribution in [0.25, 0.3) is 0 Å². The lowest BCUT2D eigenvalue weighted by Gasteiger charge is -2.21. The van der Waals surface area contributed by atoms with E-state index in [1.165, 1.54) is 11.1 Å². The molecule has 1 aromatic carbocycles. The van der Waals surface area contributed by atoms with Gasteiger partial charge in [-0.3, -0.25) is 0 Å². The number of hydrogen-bond acceptors (Lipinski definition) is 1. The van der Waals surface area contributed by atoms with E-state index in [9.17, 15) is 0 Å². The number of aryl methyl sites for hydroxylation is 1. The Bertz CT molecular complexity index is 294. The lowest BCUT2D eigenvalue weighted by molar-refractivity contribution is 0.135. The highest BCUT2D eigenvalue weighted by atomic mass is 35.5. The Morgan fingerprint density at radius 3 is 2.38 bits per heavy atom. The largest absolute Gasteiger partial charge is 0.384 e. The molecule has 16 heavy (non-hydrogen) atoms. The summed E-state index contributed by atoms with van der Waals surface area (Å²) in [6.07, 6.45) is 1.04. The fraction of sp³-hybridized carbons (Fsp3) is 0.571. The van der Waals surface area contributed by atoms with E-state index in [4.69, 9.17) is 16.3 Å². The van der Waals surface area contributed by atoms with Gasteiger partial charge in [-0.05, 0) is 30.7 Å². The van der Waals surface area contributed by atoms with Crippen LogP contribution in [-0.4, -0.2) is 19.6 Å². The number of ether oxygens (including phenoxy) is 1. The SMILES string of the molecule is COCC(C)C(CCl)Cc1ccc(C)cc1. The standard InChI is InChI=1S/C14H21ClO/c1-11-4-6-13(7-5-11)8-14(9-15)12(2)10-16-3/h4-7,12,14H,8-10H2,1-3H3. The zero-order valence-corrected chi connectivity index (χ0v) is 11.1. The predicted molar refractivity (Wildman–Crippen MR) is 70.1 cm³/mol. The van der Waals surface area contributed by atoms with Gasteiger partial charge in [0.05, 0.1) is 0 Å². The molecule has 1 aromatic rings. The van der Waals surface area contributed by atoms with Crippen molar-refractivity contribution in [2.24, 2.45) is 11.8 Å². The zero-order chi connectivity index (χ0) is 12.0. The van der Waals surface area contributed by atoms with Gasteiger partial charge < -0.3 is 4.74 Å². The van der Waals surface area contributed by atoms with Crippen molar-refractivity contribution in [1.82, 2.24) is 0 Å². The summed E-state index contributed by atoms with van der Waals surface area (Å²) in [6.45, 7) is 5.09. The van der Waals surface area contributed by atoms with Crippen molar-refractivity contribution >= 4 is 11.6 Å². The van der Waals surface area contributed by atoms with Crippen LogP contribution in [0.1, 0.15) is 18.1 Å². The van der Waals surface area contributed by atoms with Crippen LogP contribution in [0.5, 0.6) is 0 Å². The molecule has 0 spiro atoms. The number of alkyl halides is 1. The predicted octanol–water partition coefficient (Wildman–Crippen LogP) is 3.68. The first-order valence-corrected chi connectivity index (χ1v) is 6.31. The summed E-state index contributed by atoms with van der Waals surface area (Å²) < 4.78 is 5.18. The van der Waals surface area contributed by atoms with E-state index in [0.717, 1.165) is 13.0 Å². The quantitative estimate of drug-likeness (QED) is 0.690. The molecule has 0 aliphatic heterocycles. The van der Waals surface area contributed by atoms with Gasteiger partial charge in [-0.25, -0.2) is 0 Å². The molecule has 0 N–H and O–H groups in total. The van der Waals surface area contributed by atoms with Crippen molar-refractivity contribution in [3.63, 3.8) is 0 Å². The molecular weight excluding hydrogens is 220 g/mol. The van der Waals surface area contributed by atoms with Crippen molar-refractivity contribution in [2.75, 3.05) is 19.6 Å². The lowest BCUT2D eigenvalue weighted by atomic mass is 9.90. The fourth-order valence-electron chi connectivity index (χ4n) is 1.83. The maximum absolute atomic E-state index is 6.02. The van der Waals surface area contributed by atoms with Gasteiger partial charge in [-0.1, -0.05) is 36.8 Å². The summed E-state index contributed by atoms with van der Waals surface area (Å²) in [5.74, 6) is 1.69. The molecule has 0 amide bonds. The van der Waals surface area contributed by atoms with Gasteiger partial charge in [-0.2, -0.15) is 0 Å². The number of benzene rings is 1. The molecule has 2 unspecified atom stereocenters. The molecule has 0 radical (unpaired) electrons. The van der Waals surface area contributed by atoms with Crippen molar-refractivity contribution in [1.29, 1.82) is 0 Å². The van der Waals surface area contributed by atoms with Gasteiger partial charge in [0, 0.05) is 19.6 Å². The Hall–Kier alpha value is -0.530. The second-order valence-electron chi connectivity index (χ2n) is 4.54. The van der Waals surface area contributed by atoms with Crippen LogP contribution in [0.4, 0.5) is 0 Å². The molecule has 0 aliphatic rings. The monoisotopic (exact) mass is 240 g/mol. The summed E-state index contributed by atoms with van der Waals surface area (Å²) in [7, 11) is 1.74. The highest BCUT2D eigenvalue weighted by molar-refractivity contribution is 6.18. The molecular formula is C14H21ClO. The average Bonchev–Trinajstić information content (AvgIpc) is 2.28. The molecule has 2 atom stereocenters. The molecule has 1 rings (SSSR count). The minimum atomic E-state index is 0.490. The maximum Gasteiger partial charge on any atom is 0.0491 e. The van der Waals surface area contributed by atoms with Gasteiger partial charge in [0.2, 0.25) is 0 Å². The van der Waals surface area contributed by atoms with Gasteiger partial charge in [-0.15, -0.1) is 11.6 Å². The Morgan fingerprint density at radius 2 is 1.88 bits per heavy atom. The molecule has 0 saturated heterocycles. The first-order valence-electron chi connectivity index (χ1n) is 5.77. The lowest BCUT2D eigenvalue weighted by Crippen LogP contribution is -2.20. The maximum atomic E-state index is 6.02. The number of rotatable bonds is 6. The highest BCUT2D eigenvalue weighted by Gasteiger charge is 2.16. The van der Waals surface area contributed by atoms with E-state index < -0.39 is 0 Å². The molecule has 1 nitrogen and oxygen atoms in total. The first kappa shape index (κ1) is 13.5. The smallest absolute Gasteiger partial charge is 0.0491 e. The minimum absolute atomic E-state index is 0.490. The van der Waals surface area contributed by atoms with E-state index in [0.29, 0.717) is 17.7 Å². The van der Waals surface area contributed by atoms with Crippen LogP contribution in [0, 0.1) is 18.8 Å². The van der Waals surface area contributed by atoms with E-state index in [1.807, 2.05) is 0 Å². The van der Waals surface area contributed by atoms with Crippen molar-refractivity contribution in [3.05, 3.63) is 35.4 Å². The van der Waals surface area contributed by atoms with Crippen LogP contribution >= 0.6 is 11.6 Å². The van der Waals surface area contributed by atoms with Crippen LogP contribution in [0.3, 0.4) is 0 Å². The molecule has 0 bridgehead atoms. The second kappa shape index (κ2) is 6.93. The zero-order valence-electron chi connectivity index (χ0n) is 10.4. The Balaban J connectivity index is 2.59. The van der Waals surface area contributed by atoms with Gasteiger partial charge in [0.1, 0.15) is 0 Å². The van der Waals surface area contributed by atoms with E-state index in [1.54, 1.807) is 7.11 Å².